The summed E-state index contributed by atoms with van der Waals surface area (Å²) in [5.41, 5.74) is 4.09. The molecule has 2 aromatic carbocycles. The third kappa shape index (κ3) is 5.17. The van der Waals surface area contributed by atoms with E-state index >= 15 is 0 Å². The first kappa shape index (κ1) is 21.6. The summed E-state index contributed by atoms with van der Waals surface area (Å²) >= 11 is 1.81. The molecule has 0 fully saturated rings. The molecule has 0 unspecified atom stereocenters. The van der Waals surface area contributed by atoms with Gasteiger partial charge in [0.2, 0.25) is 0 Å². The molecule has 1 aliphatic heterocycles. The molecule has 4 rings (SSSR count). The highest BCUT2D eigenvalue weighted by Gasteiger charge is 2.16. The molecular formula is C23H23N5O3S. The maximum Gasteiger partial charge on any atom is 0.275 e. The van der Waals surface area contributed by atoms with Crippen molar-refractivity contribution in [3.05, 3.63) is 77.9 Å². The van der Waals surface area contributed by atoms with Crippen LogP contribution in [0.2, 0.25) is 0 Å². The van der Waals surface area contributed by atoms with Crippen molar-refractivity contribution in [2.24, 2.45) is 5.10 Å². The van der Waals surface area contributed by atoms with Gasteiger partial charge in [0, 0.05) is 29.4 Å². The number of hydrazone groups is 1. The zero-order valence-electron chi connectivity index (χ0n) is 17.8. The number of methoxy groups -OCH3 is 2. The van der Waals surface area contributed by atoms with Crippen molar-refractivity contribution >= 4 is 29.1 Å². The van der Waals surface area contributed by atoms with Crippen molar-refractivity contribution in [3.8, 4) is 11.5 Å². The van der Waals surface area contributed by atoms with E-state index in [1.165, 1.54) is 18.6 Å². The molecule has 1 N–H and O–H groups in total. The Kier molecular flexibility index (Phi) is 6.86. The van der Waals surface area contributed by atoms with Crippen LogP contribution in [-0.2, 0) is 6.54 Å². The van der Waals surface area contributed by atoms with Crippen LogP contribution >= 0.6 is 11.8 Å². The van der Waals surface area contributed by atoms with Crippen molar-refractivity contribution in [3.63, 3.8) is 0 Å². The van der Waals surface area contributed by atoms with Gasteiger partial charge in [0.25, 0.3) is 5.91 Å². The van der Waals surface area contributed by atoms with E-state index in [1.54, 1.807) is 14.2 Å². The average Bonchev–Trinajstić information content (AvgIpc) is 2.85. The predicted molar refractivity (Wildman–Crippen MR) is 125 cm³/mol. The molecule has 0 atom stereocenters. The van der Waals surface area contributed by atoms with Crippen LogP contribution in [0.1, 0.15) is 21.6 Å². The molecule has 0 bridgehead atoms. The summed E-state index contributed by atoms with van der Waals surface area (Å²) < 4.78 is 10.7. The van der Waals surface area contributed by atoms with Crippen molar-refractivity contribution < 1.29 is 14.3 Å². The van der Waals surface area contributed by atoms with Crippen LogP contribution in [0.4, 0.5) is 5.69 Å². The molecule has 1 amide bonds. The van der Waals surface area contributed by atoms with Gasteiger partial charge in [-0.05, 0) is 35.9 Å². The molecule has 1 aliphatic rings. The van der Waals surface area contributed by atoms with E-state index in [-0.39, 0.29) is 11.6 Å². The van der Waals surface area contributed by atoms with Gasteiger partial charge in [-0.2, -0.15) is 5.10 Å². The maximum absolute atomic E-state index is 12.2. The second-order valence-electron chi connectivity index (χ2n) is 7.00. The van der Waals surface area contributed by atoms with Gasteiger partial charge in [-0.3, -0.25) is 14.8 Å². The minimum absolute atomic E-state index is 0.277. The number of hydrogen-bond donors (Lipinski definition) is 1. The molecular weight excluding hydrogens is 426 g/mol. The molecule has 9 heteroatoms. The Morgan fingerprint density at radius 2 is 1.91 bits per heavy atom. The van der Waals surface area contributed by atoms with E-state index in [9.17, 15) is 4.79 Å². The molecule has 0 saturated carbocycles. The number of thioether (sulfide) groups is 1. The molecule has 3 aromatic rings. The van der Waals surface area contributed by atoms with Gasteiger partial charge in [0.05, 0.1) is 38.5 Å². The third-order valence-electron chi connectivity index (χ3n) is 4.83. The lowest BCUT2D eigenvalue weighted by molar-refractivity contribution is 0.102. The van der Waals surface area contributed by atoms with E-state index in [0.29, 0.717) is 23.7 Å². The summed E-state index contributed by atoms with van der Waals surface area (Å²) in [4.78, 5) is 20.1. The maximum atomic E-state index is 12.2. The molecule has 0 saturated heterocycles. The first-order valence-corrected chi connectivity index (χ1v) is 11.1. The van der Waals surface area contributed by atoms with Gasteiger partial charge in [-0.1, -0.05) is 12.1 Å². The molecule has 0 radical (unpaired) electrons. The summed E-state index contributed by atoms with van der Waals surface area (Å²) in [7, 11) is 3.25. The topological polar surface area (TPSA) is 88.9 Å². The highest BCUT2D eigenvalue weighted by molar-refractivity contribution is 8.00. The van der Waals surface area contributed by atoms with E-state index in [1.807, 2.05) is 59.2 Å². The van der Waals surface area contributed by atoms with Gasteiger partial charge in [-0.15, -0.1) is 11.8 Å². The third-order valence-corrected chi connectivity index (χ3v) is 5.79. The van der Waals surface area contributed by atoms with Crippen molar-refractivity contribution in [2.45, 2.75) is 6.54 Å². The number of carbonyl (C=O) groups excluding carboxylic acids is 1. The fourth-order valence-corrected chi connectivity index (χ4v) is 4.10. The Labute approximate surface area is 190 Å². The highest BCUT2D eigenvalue weighted by atomic mass is 32.2. The van der Waals surface area contributed by atoms with Gasteiger partial charge < -0.3 is 14.8 Å². The number of nitrogens with zero attached hydrogens (tertiary/aromatic N) is 4. The number of rotatable bonds is 7. The number of carbonyl (C=O) groups is 1. The standard InChI is InChI=1S/C23H23N5O3S/c1-30-21-8-5-17(11-22(21)31-2)20-14-32-15-28(27-20)13-16-3-6-18(7-4-16)26-23(29)19-12-24-9-10-25-19/h3-12H,13-15H2,1-2H3,(H,26,29). The van der Waals surface area contributed by atoms with Crippen LogP contribution in [-0.4, -0.2) is 52.4 Å². The van der Waals surface area contributed by atoms with Gasteiger partial charge in [0.1, 0.15) is 5.69 Å². The van der Waals surface area contributed by atoms with Crippen LogP contribution in [0.3, 0.4) is 0 Å². The minimum Gasteiger partial charge on any atom is -0.493 e. The summed E-state index contributed by atoms with van der Waals surface area (Å²) in [5, 5.41) is 9.70. The molecule has 1 aromatic heterocycles. The zero-order chi connectivity index (χ0) is 22.3. The summed E-state index contributed by atoms with van der Waals surface area (Å²) in [5.74, 6) is 2.74. The Balaban J connectivity index is 1.42. The van der Waals surface area contributed by atoms with Crippen LogP contribution in [0, 0.1) is 0 Å². The highest BCUT2D eigenvalue weighted by Crippen LogP contribution is 2.29. The second kappa shape index (κ2) is 10.1. The monoisotopic (exact) mass is 449 g/mol. The lowest BCUT2D eigenvalue weighted by atomic mass is 10.1. The second-order valence-corrected chi connectivity index (χ2v) is 7.96. The number of ether oxygens (including phenoxy) is 2. The zero-order valence-corrected chi connectivity index (χ0v) is 18.6. The average molecular weight is 450 g/mol. The Bertz CT molecular complexity index is 1110. The number of anilines is 1. The van der Waals surface area contributed by atoms with Gasteiger partial charge >= 0.3 is 0 Å². The molecule has 2 heterocycles. The fraction of sp³-hybridized carbons (Fsp3) is 0.217. The van der Waals surface area contributed by atoms with E-state index in [2.05, 4.69) is 15.3 Å². The molecule has 32 heavy (non-hydrogen) atoms. The number of aromatic nitrogens is 2. The van der Waals surface area contributed by atoms with E-state index in [0.717, 1.165) is 28.5 Å². The van der Waals surface area contributed by atoms with Crippen molar-refractivity contribution in [1.82, 2.24) is 15.0 Å². The van der Waals surface area contributed by atoms with Gasteiger partial charge in [-0.25, -0.2) is 4.98 Å². The first-order chi connectivity index (χ1) is 15.7. The minimum atomic E-state index is -0.289. The number of nitrogens with one attached hydrogen (secondary N) is 1. The summed E-state index contributed by atoms with van der Waals surface area (Å²) in [6.45, 7) is 0.669. The quantitative estimate of drug-likeness (QED) is 0.589. The smallest absolute Gasteiger partial charge is 0.275 e. The molecule has 0 aliphatic carbocycles. The Morgan fingerprint density at radius 3 is 2.62 bits per heavy atom. The predicted octanol–water partition coefficient (Wildman–Crippen LogP) is 3.66. The van der Waals surface area contributed by atoms with E-state index < -0.39 is 0 Å². The lowest BCUT2D eigenvalue weighted by Gasteiger charge is -2.25. The molecule has 164 valence electrons. The van der Waals surface area contributed by atoms with Gasteiger partial charge in [0.15, 0.2) is 11.5 Å². The largest absolute Gasteiger partial charge is 0.493 e. The number of hydrogen-bond acceptors (Lipinski definition) is 8. The molecule has 8 nitrogen and oxygen atoms in total. The van der Waals surface area contributed by atoms with Crippen LogP contribution in [0.5, 0.6) is 11.5 Å². The van der Waals surface area contributed by atoms with Crippen LogP contribution in [0.25, 0.3) is 0 Å². The SMILES string of the molecule is COc1ccc(C2=NN(Cc3ccc(NC(=O)c4cnccn4)cc3)CSC2)cc1OC. The van der Waals surface area contributed by atoms with Crippen LogP contribution < -0.4 is 14.8 Å². The summed E-state index contributed by atoms with van der Waals surface area (Å²) in [6, 6.07) is 13.6. The Morgan fingerprint density at radius 1 is 1.09 bits per heavy atom. The van der Waals surface area contributed by atoms with Crippen molar-refractivity contribution in [1.29, 1.82) is 0 Å². The fourth-order valence-electron chi connectivity index (χ4n) is 3.23. The molecule has 0 spiro atoms. The summed E-state index contributed by atoms with van der Waals surface area (Å²) in [6.07, 6.45) is 4.46. The normalized spacial score (nSPS) is 13.3. The van der Waals surface area contributed by atoms with Crippen LogP contribution in [0.15, 0.2) is 66.2 Å². The number of benzene rings is 2. The van der Waals surface area contributed by atoms with Crippen molar-refractivity contribution in [2.75, 3.05) is 31.2 Å². The lowest BCUT2D eigenvalue weighted by Crippen LogP contribution is -2.25. The number of amides is 1. The first-order valence-electron chi connectivity index (χ1n) is 9.95. The van der Waals surface area contributed by atoms with E-state index in [4.69, 9.17) is 14.6 Å². The Hall–Kier alpha value is -3.59.